The van der Waals surface area contributed by atoms with Crippen molar-refractivity contribution in [1.29, 1.82) is 0 Å². The number of halogens is 3. The Bertz CT molecular complexity index is 1350. The monoisotopic (exact) mass is 450 g/mol. The topological polar surface area (TPSA) is 43.1 Å². The Balaban J connectivity index is 1.51. The second kappa shape index (κ2) is 7.65. The van der Waals surface area contributed by atoms with Gasteiger partial charge in [0, 0.05) is 23.5 Å². The van der Waals surface area contributed by atoms with Gasteiger partial charge in [-0.3, -0.25) is 4.79 Å². The fourth-order valence-electron chi connectivity index (χ4n) is 4.13. The molecule has 0 bridgehead atoms. The average Bonchev–Trinajstić information content (AvgIpc) is 3.50. The first-order valence-corrected chi connectivity index (χ1v) is 10.5. The molecule has 0 saturated heterocycles. The van der Waals surface area contributed by atoms with Gasteiger partial charge in [-0.05, 0) is 67.4 Å². The number of carbonyl (C=O) groups excluding carboxylic acids is 1. The molecule has 0 spiro atoms. The van der Waals surface area contributed by atoms with E-state index < -0.39 is 17.6 Å². The minimum atomic E-state index is -4.50. The van der Waals surface area contributed by atoms with E-state index in [0.29, 0.717) is 0 Å². The molecule has 8 heteroatoms. The summed E-state index contributed by atoms with van der Waals surface area (Å²) in [5.41, 5.74) is 4.02. The molecule has 0 fully saturated rings. The predicted octanol–water partition coefficient (Wildman–Crippen LogP) is 5.45. The number of benzene rings is 2. The lowest BCUT2D eigenvalue weighted by atomic mass is 10.1. The predicted molar refractivity (Wildman–Crippen MR) is 117 cm³/mol. The summed E-state index contributed by atoms with van der Waals surface area (Å²) in [6.07, 6.45) is -0.684. The van der Waals surface area contributed by atoms with E-state index in [1.807, 2.05) is 59.8 Å². The maximum Gasteiger partial charge on any atom is 0.416 e. The molecule has 0 radical (unpaired) electrons. The quantitative estimate of drug-likeness (QED) is 0.416. The van der Waals surface area contributed by atoms with E-state index in [-0.39, 0.29) is 18.7 Å². The molecule has 2 aromatic heterocycles. The van der Waals surface area contributed by atoms with Gasteiger partial charge in [-0.25, -0.2) is 4.68 Å². The summed E-state index contributed by atoms with van der Waals surface area (Å²) in [7, 11) is 0. The van der Waals surface area contributed by atoms with E-state index in [2.05, 4.69) is 6.07 Å². The fourth-order valence-corrected chi connectivity index (χ4v) is 4.13. The van der Waals surface area contributed by atoms with E-state index in [4.69, 9.17) is 5.10 Å². The minimum Gasteiger partial charge on any atom is -0.328 e. The van der Waals surface area contributed by atoms with E-state index in [1.54, 1.807) is 0 Å². The molecule has 5 rings (SSSR count). The van der Waals surface area contributed by atoms with Gasteiger partial charge < -0.3 is 9.47 Å². The molecule has 0 N–H and O–H groups in total. The molecular weight excluding hydrogens is 429 g/mol. The summed E-state index contributed by atoms with van der Waals surface area (Å²) in [6.45, 7) is 4.59. The van der Waals surface area contributed by atoms with Gasteiger partial charge in [-0.2, -0.15) is 18.3 Å². The van der Waals surface area contributed by atoms with Crippen molar-refractivity contribution in [2.24, 2.45) is 0 Å². The van der Waals surface area contributed by atoms with Crippen LogP contribution in [-0.4, -0.2) is 25.2 Å². The first-order chi connectivity index (χ1) is 15.7. The Morgan fingerprint density at radius 2 is 1.70 bits per heavy atom. The van der Waals surface area contributed by atoms with Crippen LogP contribution in [0, 0.1) is 13.8 Å². The zero-order chi connectivity index (χ0) is 23.3. The number of aryl methyl sites for hydroxylation is 2. The number of nitrogens with zero attached hydrogens (tertiary/aromatic N) is 4. The lowest BCUT2D eigenvalue weighted by molar-refractivity contribution is -0.137. The van der Waals surface area contributed by atoms with Crippen molar-refractivity contribution >= 4 is 5.91 Å². The molecule has 5 nitrogen and oxygen atoms in total. The number of rotatable bonds is 3. The van der Waals surface area contributed by atoms with Gasteiger partial charge in [0.25, 0.3) is 5.91 Å². The third kappa shape index (κ3) is 3.71. The van der Waals surface area contributed by atoms with Gasteiger partial charge in [0.15, 0.2) is 0 Å². The zero-order valence-corrected chi connectivity index (χ0v) is 18.1. The minimum absolute atomic E-state index is 0.0135. The van der Waals surface area contributed by atoms with Crippen LogP contribution in [0.4, 0.5) is 13.2 Å². The Kier molecular flexibility index (Phi) is 4.88. The maximum absolute atomic E-state index is 13.1. The second-order valence-corrected chi connectivity index (χ2v) is 8.26. The highest BCUT2D eigenvalue weighted by Gasteiger charge is 2.34. The van der Waals surface area contributed by atoms with E-state index in [0.717, 1.165) is 40.5 Å². The second-order valence-electron chi connectivity index (χ2n) is 8.26. The first-order valence-electron chi connectivity index (χ1n) is 10.5. The van der Waals surface area contributed by atoms with Crippen LogP contribution < -0.4 is 0 Å². The van der Waals surface area contributed by atoms with Crippen molar-refractivity contribution in [3.05, 3.63) is 101 Å². The molecule has 1 aliphatic heterocycles. The number of aromatic nitrogens is 3. The number of alkyl halides is 3. The SMILES string of the molecule is Cc1ccc(-n2nc3c(c2-n2cccc2)CN(C(=O)c2cccc(C(F)(F)F)c2)C3)cc1C. The van der Waals surface area contributed by atoms with Crippen molar-refractivity contribution in [2.75, 3.05) is 0 Å². The smallest absolute Gasteiger partial charge is 0.328 e. The van der Waals surface area contributed by atoms with Crippen LogP contribution in [-0.2, 0) is 19.3 Å². The van der Waals surface area contributed by atoms with Crippen LogP contribution in [0.3, 0.4) is 0 Å². The largest absolute Gasteiger partial charge is 0.416 e. The normalized spacial score (nSPS) is 13.4. The molecular formula is C25H21F3N4O. The van der Waals surface area contributed by atoms with Crippen molar-refractivity contribution in [3.63, 3.8) is 0 Å². The van der Waals surface area contributed by atoms with Crippen LogP contribution in [0.25, 0.3) is 11.5 Å². The molecule has 33 heavy (non-hydrogen) atoms. The van der Waals surface area contributed by atoms with E-state index in [9.17, 15) is 18.0 Å². The highest BCUT2D eigenvalue weighted by atomic mass is 19.4. The zero-order valence-electron chi connectivity index (χ0n) is 18.1. The van der Waals surface area contributed by atoms with Crippen LogP contribution in [0.2, 0.25) is 0 Å². The average molecular weight is 450 g/mol. The number of amides is 1. The van der Waals surface area contributed by atoms with Crippen molar-refractivity contribution in [2.45, 2.75) is 33.1 Å². The standard InChI is InChI=1S/C25H21F3N4O/c1-16-8-9-20(12-17(16)2)32-23(30-10-3-4-11-30)21-14-31(15-22(21)29-32)24(33)18-6-5-7-19(13-18)25(26,27)28/h3-13H,14-15H2,1-2H3. The fraction of sp³-hybridized carbons (Fsp3) is 0.200. The Hall–Kier alpha value is -3.81. The van der Waals surface area contributed by atoms with Crippen LogP contribution >= 0.6 is 0 Å². The Morgan fingerprint density at radius 1 is 0.939 bits per heavy atom. The van der Waals surface area contributed by atoms with E-state index in [1.165, 1.54) is 22.6 Å². The first kappa shape index (κ1) is 21.1. The molecule has 0 saturated carbocycles. The molecule has 168 valence electrons. The number of fused-ring (bicyclic) bond motifs is 1. The summed E-state index contributed by atoms with van der Waals surface area (Å²) < 4.78 is 43.1. The molecule has 1 amide bonds. The Morgan fingerprint density at radius 3 is 2.39 bits per heavy atom. The van der Waals surface area contributed by atoms with Gasteiger partial charge >= 0.3 is 6.18 Å². The number of carbonyl (C=O) groups is 1. The highest BCUT2D eigenvalue weighted by molar-refractivity contribution is 5.94. The molecule has 3 heterocycles. The molecule has 4 aromatic rings. The molecule has 0 atom stereocenters. The van der Waals surface area contributed by atoms with Crippen LogP contribution in [0.15, 0.2) is 67.0 Å². The van der Waals surface area contributed by atoms with Gasteiger partial charge in [0.05, 0.1) is 30.0 Å². The lowest BCUT2D eigenvalue weighted by Gasteiger charge is -2.18. The van der Waals surface area contributed by atoms with Gasteiger partial charge in [0.2, 0.25) is 0 Å². The van der Waals surface area contributed by atoms with Gasteiger partial charge in [-0.1, -0.05) is 12.1 Å². The van der Waals surface area contributed by atoms with Gasteiger partial charge in [-0.15, -0.1) is 0 Å². The summed E-state index contributed by atoms with van der Waals surface area (Å²) in [6, 6.07) is 14.5. The van der Waals surface area contributed by atoms with Crippen molar-refractivity contribution in [3.8, 4) is 11.5 Å². The third-order valence-electron chi connectivity index (χ3n) is 6.04. The van der Waals surface area contributed by atoms with Crippen LogP contribution in [0.1, 0.15) is 38.3 Å². The highest BCUT2D eigenvalue weighted by Crippen LogP contribution is 2.33. The molecule has 0 aliphatic carbocycles. The molecule has 2 aromatic carbocycles. The summed E-state index contributed by atoms with van der Waals surface area (Å²) >= 11 is 0. The summed E-state index contributed by atoms with van der Waals surface area (Å²) in [5, 5.41) is 4.79. The molecule has 1 aliphatic rings. The van der Waals surface area contributed by atoms with Crippen LogP contribution in [0.5, 0.6) is 0 Å². The third-order valence-corrected chi connectivity index (χ3v) is 6.04. The maximum atomic E-state index is 13.1. The number of hydrogen-bond donors (Lipinski definition) is 0. The summed E-state index contributed by atoms with van der Waals surface area (Å²) in [4.78, 5) is 14.6. The number of hydrogen-bond acceptors (Lipinski definition) is 2. The van der Waals surface area contributed by atoms with Gasteiger partial charge in [0.1, 0.15) is 5.82 Å². The van der Waals surface area contributed by atoms with Crippen molar-refractivity contribution < 1.29 is 18.0 Å². The van der Waals surface area contributed by atoms with Crippen molar-refractivity contribution in [1.82, 2.24) is 19.2 Å². The molecule has 0 unspecified atom stereocenters. The lowest BCUT2D eigenvalue weighted by Crippen LogP contribution is -2.26. The van der Waals surface area contributed by atoms with E-state index >= 15 is 0 Å². The summed E-state index contributed by atoms with van der Waals surface area (Å²) in [5.74, 6) is 0.368. The Labute approximate surface area is 188 Å².